The van der Waals surface area contributed by atoms with Gasteiger partial charge in [0.2, 0.25) is 0 Å². The van der Waals surface area contributed by atoms with E-state index in [1.807, 2.05) is 0 Å². The van der Waals surface area contributed by atoms with Gasteiger partial charge in [-0.15, -0.1) is 0 Å². The topological polar surface area (TPSA) is 23.5 Å². The number of hydrogen-bond donors (Lipinski definition) is 1. The number of rotatable bonds is 6. The van der Waals surface area contributed by atoms with E-state index in [-0.39, 0.29) is 0 Å². The number of anilines is 1. The maximum absolute atomic E-state index is 8.79. The number of unbranched alkanes of at least 4 members (excludes halogenated alkanes) is 1. The Kier molecular flexibility index (Phi) is 5.33. The van der Waals surface area contributed by atoms with Crippen molar-refractivity contribution in [1.29, 1.82) is 0 Å². The number of aliphatic hydroxyl groups excluding tert-OH is 1. The fraction of sp³-hybridized carbons (Fsp3) is 0.571. The lowest BCUT2D eigenvalue weighted by molar-refractivity contribution is 0.285. The molecule has 0 spiro atoms. The van der Waals surface area contributed by atoms with E-state index in [1.54, 1.807) is 0 Å². The maximum Gasteiger partial charge on any atom is 0.0431 e. The van der Waals surface area contributed by atoms with Crippen LogP contribution in [0.25, 0.3) is 0 Å². The van der Waals surface area contributed by atoms with Crippen LogP contribution in [-0.4, -0.2) is 24.8 Å². The zero-order valence-corrected chi connectivity index (χ0v) is 10.7. The first-order chi connectivity index (χ1) is 7.67. The number of hydrogen-bond acceptors (Lipinski definition) is 2. The molecule has 2 nitrogen and oxygen atoms in total. The number of aliphatic hydroxyl groups is 1. The number of benzene rings is 1. The van der Waals surface area contributed by atoms with Crippen molar-refractivity contribution in [2.75, 3.05) is 24.6 Å². The van der Waals surface area contributed by atoms with Gasteiger partial charge in [-0.05, 0) is 56.9 Å². The van der Waals surface area contributed by atoms with Gasteiger partial charge >= 0.3 is 0 Å². The van der Waals surface area contributed by atoms with Gasteiger partial charge in [-0.3, -0.25) is 0 Å². The summed E-state index contributed by atoms with van der Waals surface area (Å²) in [5, 5.41) is 8.79. The third-order valence-electron chi connectivity index (χ3n) is 2.79. The van der Waals surface area contributed by atoms with Gasteiger partial charge in [0.15, 0.2) is 0 Å². The van der Waals surface area contributed by atoms with Crippen LogP contribution in [0.5, 0.6) is 0 Å². The number of nitrogens with zero attached hydrogens (tertiary/aromatic N) is 1. The van der Waals surface area contributed by atoms with Crippen LogP contribution in [0.4, 0.5) is 5.69 Å². The molecule has 0 fully saturated rings. The quantitative estimate of drug-likeness (QED) is 0.747. The van der Waals surface area contributed by atoms with E-state index in [9.17, 15) is 0 Å². The van der Waals surface area contributed by atoms with Gasteiger partial charge in [-0.1, -0.05) is 6.07 Å². The SMILES string of the molecule is CCN(CCCCO)c1cc(C)cc(C)c1. The first-order valence-electron chi connectivity index (χ1n) is 6.11. The lowest BCUT2D eigenvalue weighted by Crippen LogP contribution is -2.24. The normalized spacial score (nSPS) is 10.5. The Labute approximate surface area is 98.9 Å². The molecule has 1 rings (SSSR count). The minimum absolute atomic E-state index is 0.296. The maximum atomic E-state index is 8.79. The molecule has 0 bridgehead atoms. The van der Waals surface area contributed by atoms with Crippen molar-refractivity contribution in [2.24, 2.45) is 0 Å². The molecule has 1 N–H and O–H groups in total. The van der Waals surface area contributed by atoms with Gasteiger partial charge in [0.1, 0.15) is 0 Å². The molecule has 0 aromatic heterocycles. The zero-order valence-electron chi connectivity index (χ0n) is 10.7. The van der Waals surface area contributed by atoms with Crippen molar-refractivity contribution >= 4 is 5.69 Å². The van der Waals surface area contributed by atoms with Gasteiger partial charge in [0.05, 0.1) is 0 Å². The van der Waals surface area contributed by atoms with Crippen molar-refractivity contribution < 1.29 is 5.11 Å². The first kappa shape index (κ1) is 13.0. The molecule has 0 radical (unpaired) electrons. The highest BCUT2D eigenvalue weighted by molar-refractivity contribution is 5.50. The van der Waals surface area contributed by atoms with E-state index in [2.05, 4.69) is 43.9 Å². The second-order valence-corrected chi connectivity index (χ2v) is 4.36. The van der Waals surface area contributed by atoms with Gasteiger partial charge in [0.25, 0.3) is 0 Å². The van der Waals surface area contributed by atoms with Gasteiger partial charge in [-0.2, -0.15) is 0 Å². The monoisotopic (exact) mass is 221 g/mol. The molecule has 0 amide bonds. The summed E-state index contributed by atoms with van der Waals surface area (Å²) < 4.78 is 0. The van der Waals surface area contributed by atoms with E-state index < -0.39 is 0 Å². The molecule has 0 atom stereocenters. The molecule has 0 unspecified atom stereocenters. The highest BCUT2D eigenvalue weighted by Gasteiger charge is 2.04. The molecule has 0 aliphatic rings. The molecule has 16 heavy (non-hydrogen) atoms. The van der Waals surface area contributed by atoms with Crippen LogP contribution < -0.4 is 4.90 Å². The predicted octanol–water partition coefficient (Wildman–Crippen LogP) is 2.90. The van der Waals surface area contributed by atoms with Crippen LogP contribution in [0.2, 0.25) is 0 Å². The van der Waals surface area contributed by atoms with Crippen LogP contribution in [0.1, 0.15) is 30.9 Å². The van der Waals surface area contributed by atoms with Crippen molar-refractivity contribution in [1.82, 2.24) is 0 Å². The Morgan fingerprint density at radius 2 is 1.69 bits per heavy atom. The fourth-order valence-corrected chi connectivity index (χ4v) is 2.02. The Balaban J connectivity index is 2.70. The third kappa shape index (κ3) is 3.86. The second kappa shape index (κ2) is 6.54. The summed E-state index contributed by atoms with van der Waals surface area (Å²) in [5.74, 6) is 0. The van der Waals surface area contributed by atoms with Crippen molar-refractivity contribution in [3.63, 3.8) is 0 Å². The molecule has 1 aromatic rings. The van der Waals surface area contributed by atoms with E-state index in [1.165, 1.54) is 16.8 Å². The Morgan fingerprint density at radius 1 is 1.06 bits per heavy atom. The largest absolute Gasteiger partial charge is 0.396 e. The van der Waals surface area contributed by atoms with Crippen molar-refractivity contribution in [3.8, 4) is 0 Å². The Hall–Kier alpha value is -1.02. The smallest absolute Gasteiger partial charge is 0.0431 e. The summed E-state index contributed by atoms with van der Waals surface area (Å²) in [5.41, 5.74) is 3.93. The molecule has 2 heteroatoms. The average molecular weight is 221 g/mol. The van der Waals surface area contributed by atoms with Crippen LogP contribution in [0.15, 0.2) is 18.2 Å². The molecular formula is C14H23NO. The van der Waals surface area contributed by atoms with Crippen LogP contribution in [0, 0.1) is 13.8 Å². The second-order valence-electron chi connectivity index (χ2n) is 4.36. The Morgan fingerprint density at radius 3 is 2.19 bits per heavy atom. The van der Waals surface area contributed by atoms with Crippen molar-refractivity contribution in [2.45, 2.75) is 33.6 Å². The van der Waals surface area contributed by atoms with E-state index in [0.717, 1.165) is 25.9 Å². The summed E-state index contributed by atoms with van der Waals surface area (Å²) in [6.45, 7) is 8.80. The summed E-state index contributed by atoms with van der Waals surface area (Å²) >= 11 is 0. The molecule has 0 aliphatic heterocycles. The minimum Gasteiger partial charge on any atom is -0.396 e. The zero-order chi connectivity index (χ0) is 12.0. The summed E-state index contributed by atoms with van der Waals surface area (Å²) in [6.07, 6.45) is 1.94. The highest BCUT2D eigenvalue weighted by Crippen LogP contribution is 2.19. The van der Waals surface area contributed by atoms with E-state index in [0.29, 0.717) is 6.61 Å². The standard InChI is InChI=1S/C14H23NO/c1-4-15(7-5-6-8-16)14-10-12(2)9-13(3)11-14/h9-11,16H,4-8H2,1-3H3. The molecule has 0 aliphatic carbocycles. The van der Waals surface area contributed by atoms with Crippen LogP contribution in [0.3, 0.4) is 0 Å². The lowest BCUT2D eigenvalue weighted by Gasteiger charge is -2.24. The molecule has 0 saturated carbocycles. The van der Waals surface area contributed by atoms with E-state index in [4.69, 9.17) is 5.11 Å². The summed E-state index contributed by atoms with van der Waals surface area (Å²) in [7, 11) is 0. The molecule has 0 heterocycles. The van der Waals surface area contributed by atoms with Crippen LogP contribution >= 0.6 is 0 Å². The summed E-state index contributed by atoms with van der Waals surface area (Å²) in [6, 6.07) is 6.66. The van der Waals surface area contributed by atoms with Gasteiger partial charge in [0, 0.05) is 25.4 Å². The predicted molar refractivity (Wildman–Crippen MR) is 70.1 cm³/mol. The first-order valence-corrected chi connectivity index (χ1v) is 6.11. The van der Waals surface area contributed by atoms with Gasteiger partial charge < -0.3 is 10.0 Å². The van der Waals surface area contributed by atoms with Crippen molar-refractivity contribution in [3.05, 3.63) is 29.3 Å². The molecule has 0 saturated heterocycles. The fourth-order valence-electron chi connectivity index (χ4n) is 2.02. The Bertz CT molecular complexity index is 302. The molecule has 1 aromatic carbocycles. The van der Waals surface area contributed by atoms with Crippen LogP contribution in [-0.2, 0) is 0 Å². The van der Waals surface area contributed by atoms with E-state index >= 15 is 0 Å². The molecular weight excluding hydrogens is 198 g/mol. The van der Waals surface area contributed by atoms with Gasteiger partial charge in [-0.25, -0.2) is 0 Å². The highest BCUT2D eigenvalue weighted by atomic mass is 16.2. The summed E-state index contributed by atoms with van der Waals surface area (Å²) in [4.78, 5) is 2.37. The molecule has 90 valence electrons. The average Bonchev–Trinajstić information content (AvgIpc) is 2.23. The lowest BCUT2D eigenvalue weighted by atomic mass is 10.1. The number of aryl methyl sites for hydroxylation is 2. The minimum atomic E-state index is 0.296. The third-order valence-corrected chi connectivity index (χ3v) is 2.79.